The lowest BCUT2D eigenvalue weighted by Gasteiger charge is -2.45. The third kappa shape index (κ3) is 5.35. The predicted molar refractivity (Wildman–Crippen MR) is 166 cm³/mol. The third-order valence-electron chi connectivity index (χ3n) is 9.09. The van der Waals surface area contributed by atoms with Crippen LogP contribution in [0.1, 0.15) is 32.7 Å². The largest absolute Gasteiger partial charge is 0.488 e. The summed E-state index contributed by atoms with van der Waals surface area (Å²) < 4.78 is 43.0. The minimum atomic E-state index is -0.800. The predicted octanol–water partition coefficient (Wildman–Crippen LogP) is 4.65. The molecule has 3 aromatic rings. The molecule has 0 aliphatic carbocycles. The SMILES string of the molecule is C=CC(=O)N1C[C@H](C)N(c2nc(=O)n3c4c(c(-c5ccc(F)cc5F)c(Cl)cc24)OC[C@H]3COC[C@H]2CCCN2C)C[C@H]1C. The van der Waals surface area contributed by atoms with E-state index < -0.39 is 23.4 Å². The number of rotatable bonds is 7. The van der Waals surface area contributed by atoms with E-state index in [0.29, 0.717) is 42.5 Å². The van der Waals surface area contributed by atoms with Gasteiger partial charge in [0.2, 0.25) is 5.91 Å². The smallest absolute Gasteiger partial charge is 0.350 e. The number of likely N-dealkylation sites (tertiary alicyclic amines) is 1. The van der Waals surface area contributed by atoms with Crippen LogP contribution < -0.4 is 15.3 Å². The Balaban J connectivity index is 1.47. The zero-order chi connectivity index (χ0) is 31.3. The van der Waals surface area contributed by atoms with Crippen molar-refractivity contribution in [3.05, 3.63) is 64.1 Å². The van der Waals surface area contributed by atoms with Crippen LogP contribution in [-0.2, 0) is 9.53 Å². The summed E-state index contributed by atoms with van der Waals surface area (Å²) in [5.41, 5.74) is 0.214. The van der Waals surface area contributed by atoms with Crippen molar-refractivity contribution in [3.8, 4) is 16.9 Å². The Bertz CT molecular complexity index is 1680. The van der Waals surface area contributed by atoms with Gasteiger partial charge in [0.15, 0.2) is 5.75 Å². The summed E-state index contributed by atoms with van der Waals surface area (Å²) in [4.78, 5) is 37.0. The highest BCUT2D eigenvalue weighted by Gasteiger charge is 2.36. The Hall–Kier alpha value is -3.54. The molecule has 234 valence electrons. The maximum atomic E-state index is 15.1. The molecule has 2 saturated heterocycles. The first-order chi connectivity index (χ1) is 21.1. The van der Waals surface area contributed by atoms with Gasteiger partial charge in [0.1, 0.15) is 24.1 Å². The molecule has 0 saturated carbocycles. The topological polar surface area (TPSA) is 80.1 Å². The molecule has 0 N–H and O–H groups in total. The number of amides is 1. The quantitative estimate of drug-likeness (QED) is 0.353. The van der Waals surface area contributed by atoms with E-state index in [1.807, 2.05) is 18.7 Å². The van der Waals surface area contributed by atoms with Crippen LogP contribution >= 0.6 is 11.6 Å². The molecule has 0 bridgehead atoms. The van der Waals surface area contributed by atoms with Crippen molar-refractivity contribution < 1.29 is 23.0 Å². The van der Waals surface area contributed by atoms with Gasteiger partial charge in [0, 0.05) is 53.8 Å². The van der Waals surface area contributed by atoms with Gasteiger partial charge in [-0.3, -0.25) is 9.36 Å². The summed E-state index contributed by atoms with van der Waals surface area (Å²) in [6.45, 7) is 10.2. The standard InChI is InChI=1S/C32H36ClF2N5O4/c1-5-27(41)38-13-19(3)39(14-18(38)2)31-24-12-25(33)28(23-9-8-20(34)11-26(23)35)30-29(24)40(32(42)36-31)22(17-44-30)16-43-15-21-7-6-10-37(21)4/h5,8-9,11-12,18-19,21-22H,1,6-7,10,13-17H2,2-4H3/t18-,19+,21-,22-/m1/s1. The molecule has 2 aromatic carbocycles. The molecule has 0 radical (unpaired) electrons. The fourth-order valence-corrected chi connectivity index (χ4v) is 7.02. The van der Waals surface area contributed by atoms with Crippen LogP contribution in [0.3, 0.4) is 0 Å². The van der Waals surface area contributed by atoms with Gasteiger partial charge in [0.05, 0.1) is 29.8 Å². The molecule has 0 unspecified atom stereocenters. The van der Waals surface area contributed by atoms with Gasteiger partial charge in [-0.15, -0.1) is 0 Å². The van der Waals surface area contributed by atoms with Crippen molar-refractivity contribution in [2.24, 2.45) is 0 Å². The van der Waals surface area contributed by atoms with E-state index in [4.69, 9.17) is 21.1 Å². The first kappa shape index (κ1) is 30.5. The molecular formula is C32H36ClF2N5O4. The highest BCUT2D eigenvalue weighted by molar-refractivity contribution is 6.35. The highest BCUT2D eigenvalue weighted by Crippen LogP contribution is 2.47. The van der Waals surface area contributed by atoms with E-state index in [1.54, 1.807) is 15.5 Å². The number of nitrogens with zero attached hydrogens (tertiary/aromatic N) is 5. The minimum absolute atomic E-state index is 0.0585. The third-order valence-corrected chi connectivity index (χ3v) is 9.39. The Kier molecular flexibility index (Phi) is 8.38. The summed E-state index contributed by atoms with van der Waals surface area (Å²) >= 11 is 6.85. The lowest BCUT2D eigenvalue weighted by molar-refractivity contribution is -0.128. The van der Waals surface area contributed by atoms with E-state index in [1.165, 1.54) is 12.1 Å². The molecular weight excluding hydrogens is 592 g/mol. The average Bonchev–Trinajstić information content (AvgIpc) is 3.40. The van der Waals surface area contributed by atoms with Crippen molar-refractivity contribution >= 4 is 34.2 Å². The van der Waals surface area contributed by atoms with Crippen LogP contribution in [0.2, 0.25) is 5.02 Å². The van der Waals surface area contributed by atoms with E-state index in [2.05, 4.69) is 23.5 Å². The number of ether oxygens (including phenoxy) is 2. The molecule has 12 heteroatoms. The van der Waals surface area contributed by atoms with Gasteiger partial charge in [-0.25, -0.2) is 13.6 Å². The zero-order valence-corrected chi connectivity index (χ0v) is 25.8. The normalized spacial score (nSPS) is 23.7. The van der Waals surface area contributed by atoms with E-state index in [9.17, 15) is 14.0 Å². The van der Waals surface area contributed by atoms with Gasteiger partial charge in [-0.2, -0.15) is 4.98 Å². The number of carbonyl (C=O) groups excluding carboxylic acids is 1. The number of halogens is 3. The van der Waals surface area contributed by atoms with Gasteiger partial charge in [-0.05, 0) is 64.6 Å². The fraction of sp³-hybridized carbons (Fsp3) is 0.469. The van der Waals surface area contributed by atoms with E-state index >= 15 is 4.39 Å². The second-order valence-corrected chi connectivity index (χ2v) is 12.4. The molecule has 2 fully saturated rings. The van der Waals surface area contributed by atoms with Crippen molar-refractivity contribution in [2.75, 3.05) is 51.4 Å². The van der Waals surface area contributed by atoms with Gasteiger partial charge in [0.25, 0.3) is 0 Å². The molecule has 3 aliphatic heterocycles. The summed E-state index contributed by atoms with van der Waals surface area (Å²) in [5.74, 6) is -1.05. The molecule has 9 nitrogen and oxygen atoms in total. The molecule has 0 spiro atoms. The van der Waals surface area contributed by atoms with Crippen molar-refractivity contribution in [1.29, 1.82) is 0 Å². The average molecular weight is 628 g/mol. The number of likely N-dealkylation sites (N-methyl/N-ethyl adjacent to an activating group) is 1. The van der Waals surface area contributed by atoms with Gasteiger partial charge >= 0.3 is 5.69 Å². The molecule has 4 atom stereocenters. The first-order valence-corrected chi connectivity index (χ1v) is 15.3. The minimum Gasteiger partial charge on any atom is -0.488 e. The van der Waals surface area contributed by atoms with Crippen LogP contribution in [0.15, 0.2) is 41.7 Å². The Labute approximate surface area is 259 Å². The number of anilines is 1. The summed E-state index contributed by atoms with van der Waals surface area (Å²) in [7, 11) is 2.08. The number of aromatic nitrogens is 2. The second-order valence-electron chi connectivity index (χ2n) is 12.0. The summed E-state index contributed by atoms with van der Waals surface area (Å²) in [6.07, 6.45) is 3.47. The van der Waals surface area contributed by atoms with E-state index in [0.717, 1.165) is 31.5 Å². The molecule has 1 aromatic heterocycles. The zero-order valence-electron chi connectivity index (χ0n) is 25.1. The Morgan fingerprint density at radius 3 is 2.66 bits per heavy atom. The van der Waals surface area contributed by atoms with E-state index in [-0.39, 0.29) is 53.1 Å². The lowest BCUT2D eigenvalue weighted by Crippen LogP contribution is -2.58. The number of piperazine rings is 1. The molecule has 6 rings (SSSR count). The van der Waals surface area contributed by atoms with Crippen molar-refractivity contribution in [2.45, 2.75) is 50.9 Å². The van der Waals surface area contributed by atoms with Crippen LogP contribution in [0.5, 0.6) is 5.75 Å². The summed E-state index contributed by atoms with van der Waals surface area (Å²) in [5, 5.41) is 0.727. The molecule has 3 aliphatic rings. The van der Waals surface area contributed by atoms with Crippen LogP contribution in [0.25, 0.3) is 22.0 Å². The Morgan fingerprint density at radius 2 is 1.95 bits per heavy atom. The molecule has 1 amide bonds. The van der Waals surface area contributed by atoms with Crippen LogP contribution in [0, 0.1) is 11.6 Å². The van der Waals surface area contributed by atoms with Crippen LogP contribution in [-0.4, -0.2) is 89.9 Å². The van der Waals surface area contributed by atoms with Gasteiger partial charge < -0.3 is 24.2 Å². The fourth-order valence-electron chi connectivity index (χ4n) is 6.72. The maximum absolute atomic E-state index is 15.1. The first-order valence-electron chi connectivity index (χ1n) is 14.9. The highest BCUT2D eigenvalue weighted by atomic mass is 35.5. The number of benzene rings is 2. The molecule has 44 heavy (non-hydrogen) atoms. The monoisotopic (exact) mass is 627 g/mol. The Morgan fingerprint density at radius 1 is 1.18 bits per heavy atom. The lowest BCUT2D eigenvalue weighted by atomic mass is 9.99. The number of hydrogen-bond donors (Lipinski definition) is 0. The second kappa shape index (κ2) is 12.1. The van der Waals surface area contributed by atoms with Crippen molar-refractivity contribution in [1.82, 2.24) is 19.4 Å². The molecule has 4 heterocycles. The number of hydrogen-bond acceptors (Lipinski definition) is 7. The maximum Gasteiger partial charge on any atom is 0.350 e. The van der Waals surface area contributed by atoms with Gasteiger partial charge in [-0.1, -0.05) is 18.2 Å². The van der Waals surface area contributed by atoms with Crippen molar-refractivity contribution in [3.63, 3.8) is 0 Å². The number of carbonyl (C=O) groups is 1. The van der Waals surface area contributed by atoms with Crippen LogP contribution in [0.4, 0.5) is 14.6 Å². The summed E-state index contributed by atoms with van der Waals surface area (Å²) in [6, 6.07) is 4.37.